The van der Waals surface area contributed by atoms with Crippen molar-refractivity contribution in [2.24, 2.45) is 5.41 Å². The Kier molecular flexibility index (Phi) is 2.34. The molecule has 0 saturated carbocycles. The maximum Gasteiger partial charge on any atom is 0.170 e. The fourth-order valence-corrected chi connectivity index (χ4v) is 1.69. The monoisotopic (exact) mass is 219 g/mol. The minimum atomic E-state index is -0.427. The molecule has 0 bridgehead atoms. The molecule has 0 aliphatic rings. The van der Waals surface area contributed by atoms with Crippen molar-refractivity contribution in [3.05, 3.63) is 35.8 Å². The van der Waals surface area contributed by atoms with Crippen LogP contribution in [0.25, 0.3) is 10.9 Å². The Morgan fingerprint density at radius 1 is 1.31 bits per heavy atom. The number of rotatable bonds is 1. The molecule has 3 heteroatoms. The molecule has 0 aliphatic heterocycles. The molecule has 1 aromatic carbocycles. The third-order valence-corrected chi connectivity index (χ3v) is 2.57. The third kappa shape index (κ3) is 1.73. The summed E-state index contributed by atoms with van der Waals surface area (Å²) in [6.45, 7) is 5.62. The molecule has 2 aromatic rings. The second-order valence-electron chi connectivity index (χ2n) is 4.97. The minimum absolute atomic E-state index is 0.0605. The van der Waals surface area contributed by atoms with Gasteiger partial charge in [-0.2, -0.15) is 0 Å². The molecular formula is C13H14FNO. The smallest absolute Gasteiger partial charge is 0.170 e. The number of aromatic amines is 1. The van der Waals surface area contributed by atoms with E-state index in [0.717, 1.165) is 5.39 Å². The number of halogens is 1. The first-order valence-corrected chi connectivity index (χ1v) is 5.21. The normalized spacial score (nSPS) is 12.0. The topological polar surface area (TPSA) is 32.9 Å². The van der Waals surface area contributed by atoms with Crippen molar-refractivity contribution in [1.82, 2.24) is 4.98 Å². The Morgan fingerprint density at radius 3 is 2.62 bits per heavy atom. The zero-order chi connectivity index (χ0) is 11.9. The van der Waals surface area contributed by atoms with Crippen molar-refractivity contribution < 1.29 is 9.18 Å². The molecule has 0 atom stereocenters. The molecule has 84 valence electrons. The van der Waals surface area contributed by atoms with E-state index in [1.807, 2.05) is 20.8 Å². The number of H-pyrrole nitrogens is 1. The number of hydrogen-bond donors (Lipinski definition) is 1. The second-order valence-corrected chi connectivity index (χ2v) is 4.97. The Bertz CT molecular complexity index is 549. The van der Waals surface area contributed by atoms with E-state index in [1.54, 1.807) is 12.3 Å². The van der Waals surface area contributed by atoms with Crippen LogP contribution in [0.4, 0.5) is 4.39 Å². The highest BCUT2D eigenvalue weighted by molar-refractivity contribution is 6.10. The summed E-state index contributed by atoms with van der Waals surface area (Å²) >= 11 is 0. The van der Waals surface area contributed by atoms with Gasteiger partial charge in [-0.25, -0.2) is 4.39 Å². The first-order valence-electron chi connectivity index (χ1n) is 5.21. The van der Waals surface area contributed by atoms with Crippen LogP contribution in [0, 0.1) is 11.2 Å². The molecule has 0 spiro atoms. The number of ketones is 1. The number of aromatic nitrogens is 1. The quantitative estimate of drug-likeness (QED) is 0.731. The van der Waals surface area contributed by atoms with Gasteiger partial charge >= 0.3 is 0 Å². The average molecular weight is 219 g/mol. The summed E-state index contributed by atoms with van der Waals surface area (Å²) < 4.78 is 13.0. The average Bonchev–Trinajstić information content (AvgIpc) is 2.57. The summed E-state index contributed by atoms with van der Waals surface area (Å²) in [4.78, 5) is 15.0. The van der Waals surface area contributed by atoms with Gasteiger partial charge in [0.2, 0.25) is 0 Å². The van der Waals surface area contributed by atoms with Gasteiger partial charge in [0.15, 0.2) is 5.78 Å². The molecule has 2 rings (SSSR count). The van der Waals surface area contributed by atoms with Gasteiger partial charge in [0.1, 0.15) is 5.82 Å². The van der Waals surface area contributed by atoms with E-state index in [0.29, 0.717) is 11.1 Å². The number of benzene rings is 1. The summed E-state index contributed by atoms with van der Waals surface area (Å²) in [5, 5.41) is 0.779. The molecule has 0 saturated heterocycles. The highest BCUT2D eigenvalue weighted by atomic mass is 19.1. The molecule has 2 nitrogen and oxygen atoms in total. The Hall–Kier alpha value is -1.64. The molecule has 0 aliphatic carbocycles. The highest BCUT2D eigenvalue weighted by Gasteiger charge is 2.25. The van der Waals surface area contributed by atoms with Gasteiger partial charge in [-0.1, -0.05) is 20.8 Å². The number of Topliss-reactive ketones (excluding diaryl/α,β-unsaturated/α-hetero) is 1. The molecule has 0 fully saturated rings. The van der Waals surface area contributed by atoms with E-state index in [-0.39, 0.29) is 11.6 Å². The number of carbonyl (C=O) groups excluding carboxylic acids is 1. The Morgan fingerprint density at radius 2 is 2.00 bits per heavy atom. The number of hydrogen-bond acceptors (Lipinski definition) is 1. The largest absolute Gasteiger partial charge is 0.360 e. The molecular weight excluding hydrogens is 205 g/mol. The van der Waals surface area contributed by atoms with Crippen LogP contribution < -0.4 is 0 Å². The summed E-state index contributed by atoms with van der Waals surface area (Å²) in [5.74, 6) is -0.241. The molecule has 1 N–H and O–H groups in total. The highest BCUT2D eigenvalue weighted by Crippen LogP contribution is 2.26. The summed E-state index contributed by atoms with van der Waals surface area (Å²) in [6.07, 6.45) is 1.65. The number of fused-ring (bicyclic) bond motifs is 1. The van der Waals surface area contributed by atoms with Gasteiger partial charge in [-0.3, -0.25) is 4.79 Å². The van der Waals surface area contributed by atoms with Crippen molar-refractivity contribution in [2.45, 2.75) is 20.8 Å². The van der Waals surface area contributed by atoms with Crippen LogP contribution in [0.5, 0.6) is 0 Å². The Balaban J connectivity index is 2.59. The van der Waals surface area contributed by atoms with E-state index >= 15 is 0 Å². The van der Waals surface area contributed by atoms with Crippen LogP contribution >= 0.6 is 0 Å². The van der Waals surface area contributed by atoms with Crippen LogP contribution in [-0.4, -0.2) is 10.8 Å². The van der Waals surface area contributed by atoms with E-state index in [1.165, 1.54) is 12.1 Å². The van der Waals surface area contributed by atoms with Gasteiger partial charge in [0, 0.05) is 28.1 Å². The molecule has 0 radical (unpaired) electrons. The minimum Gasteiger partial charge on any atom is -0.360 e. The van der Waals surface area contributed by atoms with E-state index in [4.69, 9.17) is 0 Å². The molecule has 16 heavy (non-hydrogen) atoms. The lowest BCUT2D eigenvalue weighted by molar-refractivity contribution is 0.0860. The lowest BCUT2D eigenvalue weighted by Crippen LogP contribution is -2.19. The summed E-state index contributed by atoms with van der Waals surface area (Å²) in [5.41, 5.74) is 0.860. The summed E-state index contributed by atoms with van der Waals surface area (Å²) in [6, 6.07) is 4.41. The SMILES string of the molecule is CC(C)(C)C(=O)c1c[nH]c2cc(F)ccc12. The van der Waals surface area contributed by atoms with Crippen LogP contribution in [0.1, 0.15) is 31.1 Å². The fourth-order valence-electron chi connectivity index (χ4n) is 1.69. The van der Waals surface area contributed by atoms with Crippen molar-refractivity contribution in [1.29, 1.82) is 0 Å². The standard InChI is InChI=1S/C13H14FNO/c1-13(2,3)12(16)10-7-15-11-6-8(14)4-5-9(10)11/h4-7,15H,1-3H3. The third-order valence-electron chi connectivity index (χ3n) is 2.57. The van der Waals surface area contributed by atoms with Crippen molar-refractivity contribution in [2.75, 3.05) is 0 Å². The number of carbonyl (C=O) groups is 1. The van der Waals surface area contributed by atoms with Crippen LogP contribution in [0.15, 0.2) is 24.4 Å². The Labute approximate surface area is 93.5 Å². The van der Waals surface area contributed by atoms with Gasteiger partial charge in [0.05, 0.1) is 0 Å². The molecule has 1 aromatic heterocycles. The predicted octanol–water partition coefficient (Wildman–Crippen LogP) is 3.54. The van der Waals surface area contributed by atoms with Crippen molar-refractivity contribution in [3.8, 4) is 0 Å². The lowest BCUT2D eigenvalue weighted by atomic mass is 9.86. The van der Waals surface area contributed by atoms with E-state index in [9.17, 15) is 9.18 Å². The molecule has 0 amide bonds. The zero-order valence-corrected chi connectivity index (χ0v) is 9.60. The van der Waals surface area contributed by atoms with Crippen LogP contribution in [0.3, 0.4) is 0 Å². The van der Waals surface area contributed by atoms with Gasteiger partial charge in [-0.15, -0.1) is 0 Å². The fraction of sp³-hybridized carbons (Fsp3) is 0.308. The van der Waals surface area contributed by atoms with E-state index in [2.05, 4.69) is 4.98 Å². The first kappa shape index (κ1) is 10.9. The van der Waals surface area contributed by atoms with Crippen molar-refractivity contribution in [3.63, 3.8) is 0 Å². The zero-order valence-electron chi connectivity index (χ0n) is 9.60. The van der Waals surface area contributed by atoms with Gasteiger partial charge in [-0.05, 0) is 18.2 Å². The maximum atomic E-state index is 13.0. The van der Waals surface area contributed by atoms with Crippen molar-refractivity contribution >= 4 is 16.7 Å². The van der Waals surface area contributed by atoms with Gasteiger partial charge < -0.3 is 4.98 Å². The van der Waals surface area contributed by atoms with E-state index < -0.39 is 5.41 Å². The maximum absolute atomic E-state index is 13.0. The molecule has 1 heterocycles. The molecule has 0 unspecified atom stereocenters. The first-order chi connectivity index (χ1) is 7.39. The predicted molar refractivity (Wildman–Crippen MR) is 62.0 cm³/mol. The van der Waals surface area contributed by atoms with Gasteiger partial charge in [0.25, 0.3) is 0 Å². The lowest BCUT2D eigenvalue weighted by Gasteiger charge is -2.15. The summed E-state index contributed by atoms with van der Waals surface area (Å²) in [7, 11) is 0. The second kappa shape index (κ2) is 3.44. The number of nitrogens with one attached hydrogen (secondary N) is 1. The van der Waals surface area contributed by atoms with Crippen LogP contribution in [-0.2, 0) is 0 Å². The van der Waals surface area contributed by atoms with Crippen LogP contribution in [0.2, 0.25) is 0 Å².